The molecule has 434 valence electrons. The third-order valence-electron chi connectivity index (χ3n) is 17.8. The lowest BCUT2D eigenvalue weighted by Crippen LogP contribution is -2.54. The van der Waals surface area contributed by atoms with Crippen LogP contribution in [-0.4, -0.2) is 182 Å². The second-order valence-corrected chi connectivity index (χ2v) is 24.4. The number of likely N-dealkylation sites (tertiary alicyclic amines) is 2. The predicted octanol–water partition coefficient (Wildman–Crippen LogP) is 6.29. The first kappa shape index (κ1) is 55.5. The lowest BCUT2D eigenvalue weighted by molar-refractivity contribution is -0.141. The zero-order valence-electron chi connectivity index (χ0n) is 47.3. The number of piperazine rings is 2. The van der Waals surface area contributed by atoms with Crippen LogP contribution < -0.4 is 30.5 Å². The molecule has 0 spiro atoms. The summed E-state index contributed by atoms with van der Waals surface area (Å²) in [6, 6.07) is 18.5. The summed E-state index contributed by atoms with van der Waals surface area (Å²) in [6.45, 7) is 16.9. The standard InChI is InChI=1S/C60H76N14O7S/c1-36(2)56(60(78)73-34-43(75)26-51(73)59(77)65-37(3)39-9-12-48(63-31-39)57-38(4)64-35-82-57)53-30-54(68-81-53)71-23-21-70(22-24-71)20-19-69-17-14-44(15-18-69)79-45-27-46(28-45)80-55-25-40(13-16-62-55)74-41-10-11-42(74)33-72(32-41)50-29-49(66-67-58(50)61)47-7-5-6-8-52(47)76/h5-9,12-13,16,25,29-31,35-37,41-46,51,56,75-76H,10-11,14-15,17-24,26-28,32-34H2,1-4H3,(H2,61,67)(H,65,77)/t37-,41?,42?,43+,45?,46?,51-,56+/m0/s1. The van der Waals surface area contributed by atoms with Crippen molar-refractivity contribution in [1.82, 2.24) is 50.3 Å². The number of aryl methyl sites for hydroxylation is 1. The number of hydrogen-bond acceptors (Lipinski definition) is 20. The van der Waals surface area contributed by atoms with E-state index in [-0.39, 0.29) is 60.8 Å². The Balaban J connectivity index is 0.553. The molecule has 1 saturated carbocycles. The number of phenolic OH excluding ortho intramolecular Hbond substituents is 1. The van der Waals surface area contributed by atoms with Crippen molar-refractivity contribution in [2.24, 2.45) is 5.92 Å². The molecule has 21 nitrogen and oxygen atoms in total. The maximum absolute atomic E-state index is 14.4. The van der Waals surface area contributed by atoms with E-state index in [9.17, 15) is 19.8 Å². The molecule has 2 unspecified atom stereocenters. The maximum Gasteiger partial charge on any atom is 0.243 e. The summed E-state index contributed by atoms with van der Waals surface area (Å²) in [7, 11) is 0. The Labute approximate surface area is 482 Å². The number of benzene rings is 1. The molecule has 1 aromatic carbocycles. The van der Waals surface area contributed by atoms with Crippen molar-refractivity contribution in [3.05, 3.63) is 95.6 Å². The predicted molar refractivity (Wildman–Crippen MR) is 313 cm³/mol. The number of carbonyl (C=O) groups excluding carboxylic acids is 2. The van der Waals surface area contributed by atoms with Gasteiger partial charge < -0.3 is 59.8 Å². The number of nitrogens with zero attached hydrogens (tertiary/aromatic N) is 12. The number of β-amino-alcohol motifs (C(OH)–C–C–N with tert-alkyl or cyclic N) is 1. The van der Waals surface area contributed by atoms with Gasteiger partial charge in [-0.3, -0.25) is 19.5 Å². The van der Waals surface area contributed by atoms with Crippen molar-refractivity contribution in [1.29, 1.82) is 0 Å². The molecule has 82 heavy (non-hydrogen) atoms. The highest BCUT2D eigenvalue weighted by molar-refractivity contribution is 7.13. The number of rotatable bonds is 18. The molecule has 10 heterocycles. The second-order valence-electron chi connectivity index (χ2n) is 23.6. The van der Waals surface area contributed by atoms with Gasteiger partial charge in [-0.15, -0.1) is 21.5 Å². The van der Waals surface area contributed by atoms with Crippen LogP contribution in [0.5, 0.6) is 11.6 Å². The number of nitrogen functional groups attached to an aromatic ring is 1. The molecule has 5 saturated heterocycles. The van der Waals surface area contributed by atoms with Crippen molar-refractivity contribution in [3.8, 4) is 33.5 Å². The van der Waals surface area contributed by atoms with Crippen LogP contribution in [-0.2, 0) is 14.3 Å². The largest absolute Gasteiger partial charge is 0.507 e. The van der Waals surface area contributed by atoms with Gasteiger partial charge in [0.05, 0.1) is 57.5 Å². The van der Waals surface area contributed by atoms with E-state index in [2.05, 4.69) is 72.3 Å². The third-order valence-corrected chi connectivity index (χ3v) is 18.7. The zero-order chi connectivity index (χ0) is 56.6. The molecule has 12 rings (SSSR count). The van der Waals surface area contributed by atoms with E-state index in [4.69, 9.17) is 19.7 Å². The van der Waals surface area contributed by atoms with Crippen molar-refractivity contribution < 1.29 is 33.8 Å². The fourth-order valence-corrected chi connectivity index (χ4v) is 13.8. The minimum atomic E-state index is -0.824. The number of aromatic hydroxyl groups is 1. The number of pyridine rings is 2. The quantitative estimate of drug-likeness (QED) is 0.0739. The Bertz CT molecular complexity index is 3160. The van der Waals surface area contributed by atoms with Gasteiger partial charge in [0.25, 0.3) is 0 Å². The van der Waals surface area contributed by atoms with Gasteiger partial charge in [-0.05, 0) is 81.3 Å². The summed E-state index contributed by atoms with van der Waals surface area (Å²) < 4.78 is 19.0. The number of ether oxygens (including phenoxy) is 2. The highest BCUT2D eigenvalue weighted by Crippen LogP contribution is 2.41. The number of thiazole rings is 1. The van der Waals surface area contributed by atoms with Crippen LogP contribution in [0.25, 0.3) is 21.8 Å². The molecular formula is C60H76N14O7S. The minimum absolute atomic E-state index is 0.0693. The van der Waals surface area contributed by atoms with Crippen molar-refractivity contribution in [3.63, 3.8) is 0 Å². The van der Waals surface area contributed by atoms with Gasteiger partial charge in [0.2, 0.25) is 17.7 Å². The number of aliphatic hydroxyl groups is 1. The highest BCUT2D eigenvalue weighted by Gasteiger charge is 2.45. The maximum atomic E-state index is 14.4. The van der Waals surface area contributed by atoms with E-state index < -0.39 is 18.1 Å². The van der Waals surface area contributed by atoms with Crippen LogP contribution >= 0.6 is 11.3 Å². The number of nitrogens with one attached hydrogen (secondary N) is 1. The Morgan fingerprint density at radius 1 is 0.817 bits per heavy atom. The number of aromatic nitrogens is 6. The van der Waals surface area contributed by atoms with Gasteiger partial charge in [0.15, 0.2) is 17.4 Å². The Morgan fingerprint density at radius 3 is 2.28 bits per heavy atom. The Kier molecular flexibility index (Phi) is 16.3. The molecule has 6 aliphatic rings. The Hall–Kier alpha value is -6.98. The van der Waals surface area contributed by atoms with Crippen LogP contribution in [0.2, 0.25) is 0 Å². The molecule has 2 bridgehead atoms. The monoisotopic (exact) mass is 1140 g/mol. The number of phenols is 1. The van der Waals surface area contributed by atoms with E-state index in [1.54, 1.807) is 23.8 Å². The van der Waals surface area contributed by atoms with Gasteiger partial charge in [-0.2, -0.15) is 0 Å². The zero-order valence-corrected chi connectivity index (χ0v) is 48.1. The SMILES string of the molecule is Cc1ncsc1-c1ccc([C@H](C)NC(=O)[C@@H]2C[C@@H](O)CN2C(=O)[C@@H](c2cc(N3CCN(CCN4CCC(OC5CC(Oc6cc(N7C8CCC7CN(c7cc(-c9ccccc9O)nnc7N)C8)ccn6)C5)CC4)CC3)no2)C(C)C)cn1. The van der Waals surface area contributed by atoms with Gasteiger partial charge in [-0.1, -0.05) is 37.2 Å². The third kappa shape index (κ3) is 12.0. The molecule has 2 amide bonds. The van der Waals surface area contributed by atoms with Crippen LogP contribution in [0.1, 0.15) is 94.7 Å². The van der Waals surface area contributed by atoms with E-state index in [1.807, 2.05) is 70.3 Å². The number of fused-ring (bicyclic) bond motifs is 2. The molecule has 5 aromatic heterocycles. The first-order valence-electron chi connectivity index (χ1n) is 29.3. The summed E-state index contributed by atoms with van der Waals surface area (Å²) in [5.41, 5.74) is 14.0. The van der Waals surface area contributed by atoms with Crippen molar-refractivity contribution in [2.45, 2.75) is 127 Å². The van der Waals surface area contributed by atoms with Gasteiger partial charge in [-0.25, -0.2) is 9.97 Å². The number of hydrogen-bond donors (Lipinski definition) is 4. The normalized spacial score (nSPS) is 24.2. The van der Waals surface area contributed by atoms with Gasteiger partial charge >= 0.3 is 0 Å². The number of nitrogens with two attached hydrogens (primary N) is 1. The first-order valence-corrected chi connectivity index (χ1v) is 30.2. The van der Waals surface area contributed by atoms with Crippen LogP contribution in [0.15, 0.2) is 83.1 Å². The fourth-order valence-electron chi connectivity index (χ4n) is 13.1. The lowest BCUT2D eigenvalue weighted by atomic mass is 9.91. The van der Waals surface area contributed by atoms with E-state index in [0.29, 0.717) is 46.6 Å². The summed E-state index contributed by atoms with van der Waals surface area (Å²) in [5.74, 6) is 1.01. The van der Waals surface area contributed by atoms with Crippen LogP contribution in [0, 0.1) is 12.8 Å². The molecule has 1 aliphatic carbocycles. The summed E-state index contributed by atoms with van der Waals surface area (Å²) in [6.07, 6.45) is 9.46. The second kappa shape index (κ2) is 24.1. The molecule has 6 fully saturated rings. The smallest absolute Gasteiger partial charge is 0.243 e. The summed E-state index contributed by atoms with van der Waals surface area (Å²) in [5, 5.41) is 37.4. The number of anilines is 4. The topological polar surface area (TPSA) is 241 Å². The Morgan fingerprint density at radius 2 is 1.57 bits per heavy atom. The summed E-state index contributed by atoms with van der Waals surface area (Å²) >= 11 is 1.54. The fraction of sp³-hybridized carbons (Fsp3) is 0.533. The molecule has 5 aliphatic heterocycles. The molecule has 6 atom stereocenters. The van der Waals surface area contributed by atoms with E-state index in [1.165, 1.54) is 16.2 Å². The number of amides is 2. The molecule has 6 aromatic rings. The number of para-hydroxylation sites is 1. The van der Waals surface area contributed by atoms with Crippen molar-refractivity contribution >= 4 is 46.2 Å². The van der Waals surface area contributed by atoms with Crippen molar-refractivity contribution in [2.75, 3.05) is 92.4 Å². The molecular weight excluding hydrogens is 1060 g/mol. The van der Waals surface area contributed by atoms with Crippen LogP contribution in [0.3, 0.4) is 0 Å². The average Bonchev–Trinajstić information content (AvgIpc) is 3.82. The number of aliphatic hydroxyl groups excluding tert-OH is 1. The first-order chi connectivity index (χ1) is 39.8. The van der Waals surface area contributed by atoms with Crippen LogP contribution in [0.4, 0.5) is 23.0 Å². The average molecular weight is 1140 g/mol. The summed E-state index contributed by atoms with van der Waals surface area (Å²) in [4.78, 5) is 56.4. The highest BCUT2D eigenvalue weighted by atomic mass is 32.1. The van der Waals surface area contributed by atoms with Gasteiger partial charge in [0, 0.05) is 139 Å². The lowest BCUT2D eigenvalue weighted by Gasteiger charge is -2.43. The molecule has 0 radical (unpaired) electrons. The van der Waals surface area contributed by atoms with E-state index in [0.717, 1.165) is 137 Å². The van der Waals surface area contributed by atoms with Gasteiger partial charge in [0.1, 0.15) is 23.8 Å². The van der Waals surface area contributed by atoms with E-state index >= 15 is 0 Å². The number of piperidine rings is 1. The molecule has 5 N–H and O–H groups in total. The minimum Gasteiger partial charge on any atom is -0.507 e. The number of carbonyl (C=O) groups is 2. The molecule has 22 heteroatoms.